The Labute approximate surface area is 166 Å². The van der Waals surface area contributed by atoms with Crippen LogP contribution in [0.3, 0.4) is 0 Å². The van der Waals surface area contributed by atoms with Gasteiger partial charge in [-0.15, -0.1) is 5.10 Å². The van der Waals surface area contributed by atoms with Crippen molar-refractivity contribution < 1.29 is 0 Å². The standard InChI is InChI=1S/C20H17N9/c1-13-11-18(29-20(23-13)21-12-22-29)28(2)15-9-7-14(8-10-15)16-5-3-4-6-17(16)19-24-26-27-25-19/h3-12H,1-2H3,(H,24,25,26,27). The Kier molecular flexibility index (Phi) is 3.98. The van der Waals surface area contributed by atoms with Gasteiger partial charge in [0.2, 0.25) is 0 Å². The van der Waals surface area contributed by atoms with Crippen molar-refractivity contribution in [2.45, 2.75) is 6.92 Å². The second-order valence-corrected chi connectivity index (χ2v) is 6.63. The van der Waals surface area contributed by atoms with Gasteiger partial charge >= 0.3 is 0 Å². The fourth-order valence-electron chi connectivity index (χ4n) is 3.36. The van der Waals surface area contributed by atoms with Crippen molar-refractivity contribution >= 4 is 17.3 Å². The van der Waals surface area contributed by atoms with Crippen LogP contribution in [-0.4, -0.2) is 47.3 Å². The zero-order valence-electron chi connectivity index (χ0n) is 15.9. The van der Waals surface area contributed by atoms with Gasteiger partial charge in [-0.25, -0.2) is 10.1 Å². The van der Waals surface area contributed by atoms with E-state index in [0.717, 1.165) is 33.9 Å². The molecular weight excluding hydrogens is 366 g/mol. The fraction of sp³-hybridized carbons (Fsp3) is 0.100. The van der Waals surface area contributed by atoms with Crippen LogP contribution in [0, 0.1) is 6.92 Å². The van der Waals surface area contributed by atoms with Gasteiger partial charge in [0.05, 0.1) is 0 Å². The maximum Gasteiger partial charge on any atom is 0.254 e. The highest BCUT2D eigenvalue weighted by Crippen LogP contribution is 2.32. The van der Waals surface area contributed by atoms with Crippen molar-refractivity contribution in [1.29, 1.82) is 0 Å². The van der Waals surface area contributed by atoms with E-state index in [0.29, 0.717) is 11.6 Å². The first-order valence-electron chi connectivity index (χ1n) is 9.05. The number of benzene rings is 2. The van der Waals surface area contributed by atoms with Gasteiger partial charge in [-0.1, -0.05) is 36.4 Å². The van der Waals surface area contributed by atoms with Crippen LogP contribution in [0.2, 0.25) is 0 Å². The average molecular weight is 383 g/mol. The summed E-state index contributed by atoms with van der Waals surface area (Å²) < 4.78 is 1.73. The molecule has 0 amide bonds. The third-order valence-corrected chi connectivity index (χ3v) is 4.80. The summed E-state index contributed by atoms with van der Waals surface area (Å²) in [5, 5.41) is 18.5. The molecule has 0 saturated heterocycles. The number of H-pyrrole nitrogens is 1. The number of nitrogens with zero attached hydrogens (tertiary/aromatic N) is 8. The topological polar surface area (TPSA) is 101 Å². The number of aromatic amines is 1. The molecule has 29 heavy (non-hydrogen) atoms. The molecule has 5 rings (SSSR count). The first-order valence-corrected chi connectivity index (χ1v) is 9.05. The molecule has 3 aromatic heterocycles. The summed E-state index contributed by atoms with van der Waals surface area (Å²) in [6.07, 6.45) is 1.51. The molecule has 0 unspecified atom stereocenters. The van der Waals surface area contributed by atoms with Crippen LogP contribution in [0.4, 0.5) is 11.5 Å². The smallest absolute Gasteiger partial charge is 0.254 e. The lowest BCUT2D eigenvalue weighted by Crippen LogP contribution is -2.15. The van der Waals surface area contributed by atoms with Gasteiger partial charge in [-0.05, 0) is 40.6 Å². The van der Waals surface area contributed by atoms with E-state index in [9.17, 15) is 0 Å². The first-order chi connectivity index (χ1) is 14.2. The van der Waals surface area contributed by atoms with E-state index in [2.05, 4.69) is 70.9 Å². The van der Waals surface area contributed by atoms with E-state index in [1.54, 1.807) is 4.52 Å². The van der Waals surface area contributed by atoms with Gasteiger partial charge in [-0.3, -0.25) is 0 Å². The van der Waals surface area contributed by atoms with Crippen LogP contribution in [0.15, 0.2) is 60.9 Å². The summed E-state index contributed by atoms with van der Waals surface area (Å²) in [5.74, 6) is 2.12. The van der Waals surface area contributed by atoms with E-state index in [-0.39, 0.29) is 0 Å². The molecule has 2 aromatic carbocycles. The lowest BCUT2D eigenvalue weighted by Gasteiger charge is -2.20. The Bertz CT molecular complexity index is 1270. The lowest BCUT2D eigenvalue weighted by molar-refractivity contribution is 0.881. The Hall–Kier alpha value is -4.14. The van der Waals surface area contributed by atoms with Crippen molar-refractivity contribution in [1.82, 2.24) is 40.2 Å². The highest BCUT2D eigenvalue weighted by molar-refractivity contribution is 5.81. The maximum absolute atomic E-state index is 4.40. The van der Waals surface area contributed by atoms with E-state index < -0.39 is 0 Å². The molecule has 0 bridgehead atoms. The second-order valence-electron chi connectivity index (χ2n) is 6.63. The minimum Gasteiger partial charge on any atom is -0.329 e. The summed E-state index contributed by atoms with van der Waals surface area (Å²) in [6, 6.07) is 18.3. The third-order valence-electron chi connectivity index (χ3n) is 4.80. The lowest BCUT2D eigenvalue weighted by atomic mass is 9.99. The van der Waals surface area contributed by atoms with Gasteiger partial charge in [-0.2, -0.15) is 14.6 Å². The molecule has 0 aliphatic rings. The highest BCUT2D eigenvalue weighted by Gasteiger charge is 2.13. The van der Waals surface area contributed by atoms with Crippen LogP contribution in [0.1, 0.15) is 5.69 Å². The van der Waals surface area contributed by atoms with Gasteiger partial charge in [0, 0.05) is 30.1 Å². The van der Waals surface area contributed by atoms with Crippen LogP contribution in [0.25, 0.3) is 28.3 Å². The number of rotatable bonds is 4. The molecule has 0 saturated carbocycles. The molecule has 0 aliphatic heterocycles. The van der Waals surface area contributed by atoms with Crippen molar-refractivity contribution in [2.24, 2.45) is 0 Å². The number of fused-ring (bicyclic) bond motifs is 1. The highest BCUT2D eigenvalue weighted by atomic mass is 15.5. The van der Waals surface area contributed by atoms with E-state index in [1.807, 2.05) is 38.2 Å². The van der Waals surface area contributed by atoms with Crippen LogP contribution in [0.5, 0.6) is 0 Å². The van der Waals surface area contributed by atoms with Crippen molar-refractivity contribution in [3.8, 4) is 22.5 Å². The first kappa shape index (κ1) is 17.0. The number of aromatic nitrogens is 8. The second kappa shape index (κ2) is 6.79. The Balaban J connectivity index is 1.52. The number of tetrazole rings is 1. The summed E-state index contributed by atoms with van der Waals surface area (Å²) in [4.78, 5) is 10.7. The largest absolute Gasteiger partial charge is 0.329 e. The molecule has 3 heterocycles. The minimum absolute atomic E-state index is 0.582. The van der Waals surface area contributed by atoms with Crippen molar-refractivity contribution in [3.05, 3.63) is 66.6 Å². The van der Waals surface area contributed by atoms with E-state index in [1.165, 1.54) is 6.33 Å². The van der Waals surface area contributed by atoms with E-state index in [4.69, 9.17) is 0 Å². The average Bonchev–Trinajstić information content (AvgIpc) is 3.45. The molecular formula is C20H17N9. The molecule has 9 heteroatoms. The molecule has 0 spiro atoms. The number of anilines is 2. The van der Waals surface area contributed by atoms with Gasteiger partial charge in [0.15, 0.2) is 5.82 Å². The normalized spacial score (nSPS) is 11.1. The Morgan fingerprint density at radius 1 is 1.00 bits per heavy atom. The molecule has 1 N–H and O–H groups in total. The van der Waals surface area contributed by atoms with Crippen molar-refractivity contribution in [2.75, 3.05) is 11.9 Å². The van der Waals surface area contributed by atoms with Crippen LogP contribution in [-0.2, 0) is 0 Å². The zero-order valence-corrected chi connectivity index (χ0v) is 15.9. The van der Waals surface area contributed by atoms with Crippen LogP contribution >= 0.6 is 0 Å². The summed E-state index contributed by atoms with van der Waals surface area (Å²) in [7, 11) is 2.00. The molecule has 9 nitrogen and oxygen atoms in total. The van der Waals surface area contributed by atoms with Gasteiger partial charge in [0.25, 0.3) is 5.78 Å². The summed E-state index contributed by atoms with van der Waals surface area (Å²) in [6.45, 7) is 1.95. The third kappa shape index (κ3) is 2.98. The summed E-state index contributed by atoms with van der Waals surface area (Å²) in [5.41, 5.74) is 4.99. The van der Waals surface area contributed by atoms with Crippen molar-refractivity contribution in [3.63, 3.8) is 0 Å². The van der Waals surface area contributed by atoms with Crippen LogP contribution < -0.4 is 4.90 Å². The van der Waals surface area contributed by atoms with Gasteiger partial charge in [0.1, 0.15) is 12.1 Å². The molecule has 0 atom stereocenters. The molecule has 5 aromatic rings. The predicted octanol–water partition coefficient (Wildman–Crippen LogP) is 3.05. The quantitative estimate of drug-likeness (QED) is 0.509. The SMILES string of the molecule is Cc1cc(N(C)c2ccc(-c3ccccc3-c3nnn[nH]3)cc2)n2ncnc2n1. The number of nitrogens with one attached hydrogen (secondary N) is 1. The summed E-state index contributed by atoms with van der Waals surface area (Å²) >= 11 is 0. The fourth-order valence-corrected chi connectivity index (χ4v) is 3.36. The zero-order chi connectivity index (χ0) is 19.8. The molecule has 142 valence electrons. The van der Waals surface area contributed by atoms with Gasteiger partial charge < -0.3 is 4.90 Å². The van der Waals surface area contributed by atoms with E-state index >= 15 is 0 Å². The molecule has 0 radical (unpaired) electrons. The maximum atomic E-state index is 4.40. The molecule has 0 aliphatic carbocycles. The molecule has 0 fully saturated rings. The Morgan fingerprint density at radius 3 is 2.55 bits per heavy atom. The number of aryl methyl sites for hydroxylation is 1. The monoisotopic (exact) mass is 383 g/mol. The minimum atomic E-state index is 0.582. The Morgan fingerprint density at radius 2 is 1.79 bits per heavy atom. The predicted molar refractivity (Wildman–Crippen MR) is 109 cm³/mol. The number of hydrogen-bond acceptors (Lipinski definition) is 7. The number of hydrogen-bond donors (Lipinski definition) is 1.